The summed E-state index contributed by atoms with van der Waals surface area (Å²) < 4.78 is 33.6. The molecule has 0 atom stereocenters. The Balaban J connectivity index is 2.71. The van der Waals surface area contributed by atoms with Crippen molar-refractivity contribution >= 4 is 15.7 Å². The first-order valence-corrected chi connectivity index (χ1v) is 8.59. The Morgan fingerprint density at radius 2 is 1.86 bits per heavy atom. The minimum absolute atomic E-state index is 0.112. The molecule has 6 nitrogen and oxygen atoms in total. The van der Waals surface area contributed by atoms with Crippen LogP contribution in [-0.2, 0) is 19.3 Å². The standard InChI is InChI=1S/C14H21NO5S/c1-4-19-13(20-5-2)10-15-14(16)11-7-6-8-12(9-11)21(3,17)18/h6-9,13H,4-5,10H2,1-3H3,(H,15,16). The first-order chi connectivity index (χ1) is 9.88. The van der Waals surface area contributed by atoms with Gasteiger partial charge in [-0.1, -0.05) is 6.07 Å². The highest BCUT2D eigenvalue weighted by atomic mass is 32.2. The van der Waals surface area contributed by atoms with Crippen LogP contribution in [0.5, 0.6) is 0 Å². The number of ether oxygens (including phenoxy) is 2. The molecule has 0 spiro atoms. The van der Waals surface area contributed by atoms with Crippen molar-refractivity contribution in [3.05, 3.63) is 29.8 Å². The molecule has 1 aromatic carbocycles. The smallest absolute Gasteiger partial charge is 0.251 e. The largest absolute Gasteiger partial charge is 0.351 e. The minimum Gasteiger partial charge on any atom is -0.351 e. The van der Waals surface area contributed by atoms with Crippen molar-refractivity contribution in [2.45, 2.75) is 25.0 Å². The van der Waals surface area contributed by atoms with E-state index in [4.69, 9.17) is 9.47 Å². The van der Waals surface area contributed by atoms with E-state index in [1.54, 1.807) is 6.07 Å². The van der Waals surface area contributed by atoms with Crippen LogP contribution in [0.25, 0.3) is 0 Å². The molecule has 0 aliphatic heterocycles. The van der Waals surface area contributed by atoms with Crippen molar-refractivity contribution in [2.75, 3.05) is 26.0 Å². The molecule has 1 N–H and O–H groups in total. The third kappa shape index (κ3) is 5.82. The van der Waals surface area contributed by atoms with Gasteiger partial charge in [-0.2, -0.15) is 0 Å². The van der Waals surface area contributed by atoms with Crippen LogP contribution >= 0.6 is 0 Å². The second kappa shape index (κ2) is 8.11. The maximum atomic E-state index is 12.0. The zero-order valence-electron chi connectivity index (χ0n) is 12.5. The number of carbonyl (C=O) groups excluding carboxylic acids is 1. The van der Waals surface area contributed by atoms with Crippen LogP contribution in [0.1, 0.15) is 24.2 Å². The number of benzene rings is 1. The predicted octanol–water partition coefficient (Wildman–Crippen LogP) is 1.22. The molecule has 0 aliphatic carbocycles. The highest BCUT2D eigenvalue weighted by molar-refractivity contribution is 7.90. The molecule has 0 aliphatic rings. The fraction of sp³-hybridized carbons (Fsp3) is 0.500. The second-order valence-electron chi connectivity index (χ2n) is 4.35. The van der Waals surface area contributed by atoms with E-state index < -0.39 is 16.1 Å². The molecular formula is C14H21NO5S. The molecule has 0 fully saturated rings. The topological polar surface area (TPSA) is 81.7 Å². The average molecular weight is 315 g/mol. The summed E-state index contributed by atoms with van der Waals surface area (Å²) in [6.45, 7) is 4.82. The lowest BCUT2D eigenvalue weighted by atomic mass is 10.2. The minimum atomic E-state index is -3.34. The molecule has 1 amide bonds. The zero-order chi connectivity index (χ0) is 15.9. The molecule has 1 aromatic rings. The third-order valence-electron chi connectivity index (χ3n) is 2.66. The summed E-state index contributed by atoms with van der Waals surface area (Å²) in [6.07, 6.45) is 0.589. The van der Waals surface area contributed by atoms with Crippen molar-refractivity contribution in [1.29, 1.82) is 0 Å². The Morgan fingerprint density at radius 1 is 1.24 bits per heavy atom. The van der Waals surface area contributed by atoms with E-state index in [-0.39, 0.29) is 22.9 Å². The first kappa shape index (κ1) is 17.6. The van der Waals surface area contributed by atoms with Gasteiger partial charge >= 0.3 is 0 Å². The van der Waals surface area contributed by atoms with E-state index in [9.17, 15) is 13.2 Å². The van der Waals surface area contributed by atoms with Crippen molar-refractivity contribution < 1.29 is 22.7 Å². The van der Waals surface area contributed by atoms with Crippen LogP contribution in [-0.4, -0.2) is 46.6 Å². The number of sulfone groups is 1. The highest BCUT2D eigenvalue weighted by Crippen LogP contribution is 2.11. The molecule has 0 bridgehead atoms. The van der Waals surface area contributed by atoms with E-state index >= 15 is 0 Å². The van der Waals surface area contributed by atoms with Crippen LogP contribution in [0.2, 0.25) is 0 Å². The Hall–Kier alpha value is -1.44. The van der Waals surface area contributed by atoms with Gasteiger partial charge in [0.2, 0.25) is 0 Å². The molecule has 0 unspecified atom stereocenters. The van der Waals surface area contributed by atoms with Crippen molar-refractivity contribution in [1.82, 2.24) is 5.32 Å². The van der Waals surface area contributed by atoms with Gasteiger partial charge in [-0.25, -0.2) is 8.42 Å². The number of carbonyl (C=O) groups is 1. The SMILES string of the molecule is CCOC(CNC(=O)c1cccc(S(C)(=O)=O)c1)OCC. The maximum Gasteiger partial charge on any atom is 0.251 e. The van der Waals surface area contributed by atoms with Gasteiger partial charge in [-0.05, 0) is 32.0 Å². The number of amides is 1. The van der Waals surface area contributed by atoms with Gasteiger partial charge in [0.1, 0.15) is 0 Å². The summed E-state index contributed by atoms with van der Waals surface area (Å²) in [4.78, 5) is 12.1. The van der Waals surface area contributed by atoms with E-state index in [1.165, 1.54) is 18.2 Å². The average Bonchev–Trinajstić information content (AvgIpc) is 2.44. The Morgan fingerprint density at radius 3 is 2.38 bits per heavy atom. The van der Waals surface area contributed by atoms with E-state index in [2.05, 4.69) is 5.32 Å². The molecule has 0 radical (unpaired) electrons. The third-order valence-corrected chi connectivity index (χ3v) is 3.77. The number of nitrogens with one attached hydrogen (secondary N) is 1. The molecule has 118 valence electrons. The lowest BCUT2D eigenvalue weighted by Gasteiger charge is -2.17. The summed E-state index contributed by atoms with van der Waals surface area (Å²) in [5.74, 6) is -0.370. The fourth-order valence-electron chi connectivity index (χ4n) is 1.68. The lowest BCUT2D eigenvalue weighted by Crippen LogP contribution is -2.35. The number of hydrogen-bond donors (Lipinski definition) is 1. The van der Waals surface area contributed by atoms with Gasteiger partial charge in [-0.15, -0.1) is 0 Å². The maximum absolute atomic E-state index is 12.0. The Labute approximate surface area is 125 Å². The summed E-state index contributed by atoms with van der Waals surface area (Å²) in [6, 6.07) is 5.89. The Bertz CT molecular complexity index is 564. The zero-order valence-corrected chi connectivity index (χ0v) is 13.3. The summed E-state index contributed by atoms with van der Waals surface area (Å²) in [5.41, 5.74) is 0.282. The quantitative estimate of drug-likeness (QED) is 0.729. The number of hydrogen-bond acceptors (Lipinski definition) is 5. The van der Waals surface area contributed by atoms with E-state index in [0.717, 1.165) is 6.26 Å². The summed E-state index contributed by atoms with van der Waals surface area (Å²) in [7, 11) is -3.34. The monoisotopic (exact) mass is 315 g/mol. The van der Waals surface area contributed by atoms with Gasteiger partial charge in [0.25, 0.3) is 5.91 Å². The van der Waals surface area contributed by atoms with E-state index in [0.29, 0.717) is 13.2 Å². The first-order valence-electron chi connectivity index (χ1n) is 6.70. The van der Waals surface area contributed by atoms with Crippen molar-refractivity contribution in [3.8, 4) is 0 Å². The molecule has 0 saturated carbocycles. The Kier molecular flexibility index (Phi) is 6.80. The summed E-state index contributed by atoms with van der Waals surface area (Å²) >= 11 is 0. The number of rotatable bonds is 8. The van der Waals surface area contributed by atoms with Crippen LogP contribution in [0.15, 0.2) is 29.2 Å². The molecule has 21 heavy (non-hydrogen) atoms. The fourth-order valence-corrected chi connectivity index (χ4v) is 2.35. The predicted molar refractivity (Wildman–Crippen MR) is 78.9 cm³/mol. The molecule has 7 heteroatoms. The van der Waals surface area contributed by atoms with Crippen molar-refractivity contribution in [3.63, 3.8) is 0 Å². The van der Waals surface area contributed by atoms with E-state index in [1.807, 2.05) is 13.8 Å². The van der Waals surface area contributed by atoms with Gasteiger partial charge in [-0.3, -0.25) is 4.79 Å². The lowest BCUT2D eigenvalue weighted by molar-refractivity contribution is -0.131. The van der Waals surface area contributed by atoms with Gasteiger partial charge < -0.3 is 14.8 Å². The van der Waals surface area contributed by atoms with Crippen LogP contribution in [0.4, 0.5) is 0 Å². The van der Waals surface area contributed by atoms with Crippen LogP contribution in [0.3, 0.4) is 0 Å². The van der Waals surface area contributed by atoms with Crippen LogP contribution in [0, 0.1) is 0 Å². The molecular weight excluding hydrogens is 294 g/mol. The normalized spacial score (nSPS) is 11.6. The highest BCUT2D eigenvalue weighted by Gasteiger charge is 2.14. The molecule has 0 aromatic heterocycles. The van der Waals surface area contributed by atoms with Gasteiger partial charge in [0.05, 0.1) is 11.4 Å². The van der Waals surface area contributed by atoms with Crippen molar-refractivity contribution in [2.24, 2.45) is 0 Å². The molecule has 0 heterocycles. The summed E-state index contributed by atoms with van der Waals surface area (Å²) in [5, 5.41) is 2.66. The van der Waals surface area contributed by atoms with Gasteiger partial charge in [0, 0.05) is 25.0 Å². The molecule has 0 saturated heterocycles. The second-order valence-corrected chi connectivity index (χ2v) is 6.37. The van der Waals surface area contributed by atoms with Gasteiger partial charge in [0.15, 0.2) is 16.1 Å². The molecule has 1 rings (SSSR count). The van der Waals surface area contributed by atoms with Crippen LogP contribution < -0.4 is 5.32 Å².